The van der Waals surface area contributed by atoms with Crippen LogP contribution in [0.15, 0.2) is 39.5 Å². The van der Waals surface area contributed by atoms with Crippen LogP contribution < -0.4 is 5.32 Å². The molecule has 2 rings (SSSR count). The molecule has 0 radical (unpaired) electrons. The highest BCUT2D eigenvalue weighted by molar-refractivity contribution is 9.10. The fourth-order valence-corrected chi connectivity index (χ4v) is 2.14. The zero-order valence-electron chi connectivity index (χ0n) is 9.76. The van der Waals surface area contributed by atoms with Gasteiger partial charge in [0.05, 0.1) is 12.8 Å². The summed E-state index contributed by atoms with van der Waals surface area (Å²) in [6, 6.07) is 5.07. The van der Waals surface area contributed by atoms with Crippen LogP contribution in [0.5, 0.6) is 0 Å². The largest absolute Gasteiger partial charge is 0.467 e. The number of furan rings is 1. The third-order valence-electron chi connectivity index (χ3n) is 2.53. The van der Waals surface area contributed by atoms with E-state index in [1.165, 1.54) is 6.26 Å². The van der Waals surface area contributed by atoms with Crippen molar-refractivity contribution in [2.45, 2.75) is 6.10 Å². The van der Waals surface area contributed by atoms with E-state index >= 15 is 0 Å². The molecule has 2 aromatic rings. The number of halogens is 1. The molecular weight excluding hydrogens is 300 g/mol. The summed E-state index contributed by atoms with van der Waals surface area (Å²) in [5, 5.41) is 12.4. The predicted octanol–water partition coefficient (Wildman–Crippen LogP) is 1.84. The lowest BCUT2D eigenvalue weighted by Crippen LogP contribution is -2.29. The number of aliphatic hydroxyl groups is 1. The molecule has 0 aliphatic heterocycles. The molecule has 2 aromatic heterocycles. The minimum Gasteiger partial charge on any atom is -0.467 e. The molecular formula is C12H13BrN2O3. The molecule has 1 atom stereocenters. The topological polar surface area (TPSA) is 67.4 Å². The van der Waals surface area contributed by atoms with Gasteiger partial charge < -0.3 is 19.4 Å². The summed E-state index contributed by atoms with van der Waals surface area (Å²) < 4.78 is 7.59. The lowest BCUT2D eigenvalue weighted by atomic mass is 10.2. The van der Waals surface area contributed by atoms with E-state index in [0.29, 0.717) is 11.5 Å². The predicted molar refractivity (Wildman–Crippen MR) is 69.1 cm³/mol. The maximum Gasteiger partial charge on any atom is 0.268 e. The van der Waals surface area contributed by atoms with Gasteiger partial charge in [-0.25, -0.2) is 0 Å². The van der Waals surface area contributed by atoms with Crippen LogP contribution in [0.3, 0.4) is 0 Å². The van der Waals surface area contributed by atoms with Gasteiger partial charge in [-0.05, 0) is 34.1 Å². The normalized spacial score (nSPS) is 12.4. The lowest BCUT2D eigenvalue weighted by molar-refractivity contribution is 0.0893. The third-order valence-corrected chi connectivity index (χ3v) is 2.97. The molecule has 0 spiro atoms. The standard InChI is InChI=1S/C12H13BrN2O3/c1-15-7-8(13)5-9(15)12(17)14-6-10(16)11-3-2-4-18-11/h2-5,7,10,16H,6H2,1H3,(H,14,17)/t10-/m0/s1. The molecule has 1 amide bonds. The van der Waals surface area contributed by atoms with Crippen molar-refractivity contribution in [1.82, 2.24) is 9.88 Å². The number of amides is 1. The third kappa shape index (κ3) is 2.83. The van der Waals surface area contributed by atoms with Gasteiger partial charge in [-0.1, -0.05) is 0 Å². The van der Waals surface area contributed by atoms with Crippen molar-refractivity contribution in [3.8, 4) is 0 Å². The van der Waals surface area contributed by atoms with Crippen LogP contribution in [0.1, 0.15) is 22.4 Å². The van der Waals surface area contributed by atoms with Gasteiger partial charge in [-0.15, -0.1) is 0 Å². The average Bonchev–Trinajstić information content (AvgIpc) is 2.95. The Bertz CT molecular complexity index is 534. The quantitative estimate of drug-likeness (QED) is 0.905. The van der Waals surface area contributed by atoms with Crippen molar-refractivity contribution in [2.24, 2.45) is 7.05 Å². The van der Waals surface area contributed by atoms with E-state index in [-0.39, 0.29) is 12.5 Å². The molecule has 0 aromatic carbocycles. The van der Waals surface area contributed by atoms with Crippen molar-refractivity contribution in [3.63, 3.8) is 0 Å². The Morgan fingerprint density at radius 2 is 2.44 bits per heavy atom. The number of carbonyl (C=O) groups excluding carboxylic acids is 1. The van der Waals surface area contributed by atoms with E-state index in [0.717, 1.165) is 4.47 Å². The lowest BCUT2D eigenvalue weighted by Gasteiger charge is -2.09. The molecule has 6 heteroatoms. The summed E-state index contributed by atoms with van der Waals surface area (Å²) in [6.07, 6.45) is 2.43. The first kappa shape index (κ1) is 12.9. The molecule has 0 bridgehead atoms. The van der Waals surface area contributed by atoms with Gasteiger partial charge in [0, 0.05) is 17.7 Å². The monoisotopic (exact) mass is 312 g/mol. The van der Waals surface area contributed by atoms with Crippen LogP contribution in [0.4, 0.5) is 0 Å². The second-order valence-electron chi connectivity index (χ2n) is 3.90. The van der Waals surface area contributed by atoms with Crippen molar-refractivity contribution < 1.29 is 14.3 Å². The van der Waals surface area contributed by atoms with Gasteiger partial charge in [0.15, 0.2) is 0 Å². The molecule has 0 aliphatic carbocycles. The van der Waals surface area contributed by atoms with Gasteiger partial charge in [-0.3, -0.25) is 4.79 Å². The second-order valence-corrected chi connectivity index (χ2v) is 4.81. The van der Waals surface area contributed by atoms with Crippen LogP contribution in [0, 0.1) is 0 Å². The number of carbonyl (C=O) groups is 1. The summed E-state index contributed by atoms with van der Waals surface area (Å²) in [6.45, 7) is 0.106. The number of hydrogen-bond acceptors (Lipinski definition) is 3. The minimum atomic E-state index is -0.840. The summed E-state index contributed by atoms with van der Waals surface area (Å²) in [5.74, 6) is 0.192. The fraction of sp³-hybridized carbons (Fsp3) is 0.250. The number of aromatic nitrogens is 1. The fourth-order valence-electron chi connectivity index (χ4n) is 1.61. The van der Waals surface area contributed by atoms with Gasteiger partial charge in [0.25, 0.3) is 5.91 Å². The highest BCUT2D eigenvalue weighted by Crippen LogP contribution is 2.14. The molecule has 0 saturated carbocycles. The molecule has 5 nitrogen and oxygen atoms in total. The van der Waals surface area contributed by atoms with Gasteiger partial charge in [0.1, 0.15) is 17.6 Å². The van der Waals surface area contributed by atoms with Crippen LogP contribution >= 0.6 is 15.9 Å². The van der Waals surface area contributed by atoms with Gasteiger partial charge in [0.2, 0.25) is 0 Å². The number of rotatable bonds is 4. The maximum absolute atomic E-state index is 11.9. The first-order chi connectivity index (χ1) is 8.58. The van der Waals surface area contributed by atoms with E-state index < -0.39 is 6.10 Å². The Hall–Kier alpha value is -1.53. The van der Waals surface area contributed by atoms with Crippen molar-refractivity contribution in [2.75, 3.05) is 6.54 Å². The Kier molecular flexibility index (Phi) is 3.88. The summed E-state index contributed by atoms with van der Waals surface area (Å²) in [4.78, 5) is 11.9. The average molecular weight is 313 g/mol. The number of nitrogens with one attached hydrogen (secondary N) is 1. The molecule has 2 N–H and O–H groups in total. The molecule has 0 fully saturated rings. The van der Waals surface area contributed by atoms with E-state index in [2.05, 4.69) is 21.2 Å². The van der Waals surface area contributed by atoms with E-state index in [1.54, 1.807) is 36.0 Å². The number of aliphatic hydroxyl groups excluding tert-OH is 1. The second kappa shape index (κ2) is 5.41. The Labute approximate surface area is 113 Å². The number of nitrogens with zero attached hydrogens (tertiary/aromatic N) is 1. The van der Waals surface area contributed by atoms with E-state index in [1.807, 2.05) is 0 Å². The number of aryl methyl sites for hydroxylation is 1. The minimum absolute atomic E-state index is 0.106. The van der Waals surface area contributed by atoms with E-state index in [9.17, 15) is 9.90 Å². The molecule has 0 aliphatic rings. The molecule has 0 saturated heterocycles. The van der Waals surface area contributed by atoms with Gasteiger partial charge >= 0.3 is 0 Å². The smallest absolute Gasteiger partial charge is 0.268 e. The molecule has 18 heavy (non-hydrogen) atoms. The first-order valence-electron chi connectivity index (χ1n) is 5.39. The highest BCUT2D eigenvalue weighted by atomic mass is 79.9. The Morgan fingerprint density at radius 1 is 1.67 bits per heavy atom. The molecule has 0 unspecified atom stereocenters. The van der Waals surface area contributed by atoms with Crippen molar-refractivity contribution in [1.29, 1.82) is 0 Å². The van der Waals surface area contributed by atoms with Crippen LogP contribution in [0.25, 0.3) is 0 Å². The number of hydrogen-bond donors (Lipinski definition) is 2. The summed E-state index contributed by atoms with van der Waals surface area (Å²) >= 11 is 3.30. The summed E-state index contributed by atoms with van der Waals surface area (Å²) in [7, 11) is 1.78. The zero-order valence-corrected chi connectivity index (χ0v) is 11.3. The Morgan fingerprint density at radius 3 is 3.00 bits per heavy atom. The van der Waals surface area contributed by atoms with Crippen LogP contribution in [0.2, 0.25) is 0 Å². The SMILES string of the molecule is Cn1cc(Br)cc1C(=O)NC[C@H](O)c1ccco1. The maximum atomic E-state index is 11.9. The zero-order chi connectivity index (χ0) is 13.1. The van der Waals surface area contributed by atoms with Crippen LogP contribution in [-0.4, -0.2) is 22.1 Å². The van der Waals surface area contributed by atoms with Crippen LogP contribution in [-0.2, 0) is 7.05 Å². The van der Waals surface area contributed by atoms with Crippen molar-refractivity contribution >= 4 is 21.8 Å². The molecule has 96 valence electrons. The van der Waals surface area contributed by atoms with Crippen molar-refractivity contribution in [3.05, 3.63) is 46.6 Å². The summed E-state index contributed by atoms with van der Waals surface area (Å²) in [5.41, 5.74) is 0.522. The van der Waals surface area contributed by atoms with E-state index in [4.69, 9.17) is 4.42 Å². The Balaban J connectivity index is 1.94. The molecule has 2 heterocycles. The first-order valence-corrected chi connectivity index (χ1v) is 6.18. The highest BCUT2D eigenvalue weighted by Gasteiger charge is 2.15. The van der Waals surface area contributed by atoms with Gasteiger partial charge in [-0.2, -0.15) is 0 Å².